The summed E-state index contributed by atoms with van der Waals surface area (Å²) in [6.45, 7) is 1.98. The zero-order valence-corrected chi connectivity index (χ0v) is 17.0. The predicted octanol–water partition coefficient (Wildman–Crippen LogP) is 4.23. The van der Waals surface area contributed by atoms with Crippen LogP contribution in [0.3, 0.4) is 0 Å². The van der Waals surface area contributed by atoms with Gasteiger partial charge in [-0.25, -0.2) is 0 Å². The van der Waals surface area contributed by atoms with Crippen molar-refractivity contribution in [2.24, 2.45) is 0 Å². The molecule has 2 N–H and O–H groups in total. The quantitative estimate of drug-likeness (QED) is 0.687. The number of aryl methyl sites for hydroxylation is 1. The van der Waals surface area contributed by atoms with Crippen LogP contribution in [0.4, 0.5) is 5.69 Å². The van der Waals surface area contributed by atoms with Gasteiger partial charge in [0.1, 0.15) is 0 Å². The minimum atomic E-state index is -0.220. The summed E-state index contributed by atoms with van der Waals surface area (Å²) in [5.41, 5.74) is 2.79. The lowest BCUT2D eigenvalue weighted by Gasteiger charge is -2.18. The highest BCUT2D eigenvalue weighted by atomic mass is 79.9. The molecule has 4 nitrogen and oxygen atoms in total. The van der Waals surface area contributed by atoms with Crippen LogP contribution in [0, 0.1) is 6.92 Å². The number of carbonyl (C=O) groups is 2. The summed E-state index contributed by atoms with van der Waals surface area (Å²) in [6, 6.07) is 15.7. The van der Waals surface area contributed by atoms with Crippen LogP contribution >= 0.6 is 27.7 Å². The first-order chi connectivity index (χ1) is 12.5. The van der Waals surface area contributed by atoms with E-state index >= 15 is 0 Å². The summed E-state index contributed by atoms with van der Waals surface area (Å²) >= 11 is 4.76. The topological polar surface area (TPSA) is 58.2 Å². The van der Waals surface area contributed by atoms with Gasteiger partial charge in [-0.15, -0.1) is 11.8 Å². The molecular weight excluding hydrogens is 412 g/mol. The molecule has 0 bridgehead atoms. The SMILES string of the molecule is Cc1cccc(NC(=O)CSCC(=O)NC2(c3ccc(Br)cc3)CC2)c1. The number of thioether (sulfide) groups is 1. The Bertz CT molecular complexity index is 804. The fourth-order valence-corrected chi connectivity index (χ4v) is 3.72. The van der Waals surface area contributed by atoms with Crippen molar-refractivity contribution in [1.82, 2.24) is 5.32 Å². The summed E-state index contributed by atoms with van der Waals surface area (Å²) in [6.07, 6.45) is 1.91. The molecule has 0 atom stereocenters. The number of rotatable bonds is 7. The van der Waals surface area contributed by atoms with Gasteiger partial charge >= 0.3 is 0 Å². The van der Waals surface area contributed by atoms with Crippen LogP contribution in [-0.4, -0.2) is 23.3 Å². The van der Waals surface area contributed by atoms with Crippen molar-refractivity contribution in [3.63, 3.8) is 0 Å². The Morgan fingerprint density at radius 1 is 1.08 bits per heavy atom. The Balaban J connectivity index is 1.43. The van der Waals surface area contributed by atoms with Crippen molar-refractivity contribution in [3.05, 3.63) is 64.1 Å². The minimum Gasteiger partial charge on any atom is -0.346 e. The van der Waals surface area contributed by atoms with Gasteiger partial charge in [0.2, 0.25) is 11.8 Å². The van der Waals surface area contributed by atoms with E-state index < -0.39 is 0 Å². The molecule has 1 aliphatic rings. The number of carbonyl (C=O) groups excluding carboxylic acids is 2. The molecule has 2 amide bonds. The molecule has 6 heteroatoms. The van der Waals surface area contributed by atoms with E-state index in [1.54, 1.807) is 0 Å². The molecule has 1 aliphatic carbocycles. The van der Waals surface area contributed by atoms with Gasteiger partial charge in [-0.1, -0.05) is 40.2 Å². The lowest BCUT2D eigenvalue weighted by atomic mass is 10.1. The molecule has 0 saturated heterocycles. The Kier molecular flexibility index (Phi) is 6.04. The maximum Gasteiger partial charge on any atom is 0.234 e. The molecule has 0 aliphatic heterocycles. The van der Waals surface area contributed by atoms with Crippen molar-refractivity contribution < 1.29 is 9.59 Å². The Hall–Kier alpha value is -1.79. The number of halogens is 1. The molecule has 0 heterocycles. The molecule has 1 saturated carbocycles. The second-order valence-electron chi connectivity index (χ2n) is 6.55. The molecule has 0 radical (unpaired) electrons. The third-order valence-corrected chi connectivity index (χ3v) is 5.75. The summed E-state index contributed by atoms with van der Waals surface area (Å²) in [5, 5.41) is 5.98. The van der Waals surface area contributed by atoms with Gasteiger partial charge in [0.15, 0.2) is 0 Å². The molecule has 0 spiro atoms. The average Bonchev–Trinajstić information content (AvgIpc) is 3.36. The third kappa shape index (κ3) is 5.11. The minimum absolute atomic E-state index is 0.0289. The van der Waals surface area contributed by atoms with Crippen LogP contribution in [0.2, 0.25) is 0 Å². The van der Waals surface area contributed by atoms with Crippen molar-refractivity contribution >= 4 is 45.2 Å². The summed E-state index contributed by atoms with van der Waals surface area (Å²) < 4.78 is 1.03. The summed E-state index contributed by atoms with van der Waals surface area (Å²) in [5.74, 6) is 0.410. The van der Waals surface area contributed by atoms with Crippen LogP contribution in [0.5, 0.6) is 0 Å². The van der Waals surface area contributed by atoms with Gasteiger partial charge in [-0.2, -0.15) is 0 Å². The number of nitrogens with one attached hydrogen (secondary N) is 2. The molecule has 1 fully saturated rings. The van der Waals surface area contributed by atoms with Crippen LogP contribution in [0.1, 0.15) is 24.0 Å². The van der Waals surface area contributed by atoms with E-state index in [1.165, 1.54) is 11.8 Å². The fourth-order valence-electron chi connectivity index (χ4n) is 2.84. The Morgan fingerprint density at radius 2 is 1.77 bits per heavy atom. The van der Waals surface area contributed by atoms with Crippen molar-refractivity contribution in [2.75, 3.05) is 16.8 Å². The summed E-state index contributed by atoms with van der Waals surface area (Å²) in [4.78, 5) is 24.2. The highest BCUT2D eigenvalue weighted by Gasteiger charge is 2.45. The number of amides is 2. The van der Waals surface area contributed by atoms with Crippen LogP contribution in [0.25, 0.3) is 0 Å². The van der Waals surface area contributed by atoms with Crippen molar-refractivity contribution in [2.45, 2.75) is 25.3 Å². The second-order valence-corrected chi connectivity index (χ2v) is 8.45. The zero-order valence-electron chi connectivity index (χ0n) is 14.5. The third-order valence-electron chi connectivity index (χ3n) is 4.29. The number of hydrogen-bond donors (Lipinski definition) is 2. The second kappa shape index (κ2) is 8.27. The molecule has 136 valence electrons. The van der Waals surface area contributed by atoms with E-state index in [0.29, 0.717) is 0 Å². The fraction of sp³-hybridized carbons (Fsp3) is 0.300. The monoisotopic (exact) mass is 432 g/mol. The maximum absolute atomic E-state index is 12.3. The van der Waals surface area contributed by atoms with Gasteiger partial charge < -0.3 is 10.6 Å². The van der Waals surface area contributed by atoms with E-state index in [0.717, 1.165) is 34.1 Å². The molecule has 3 rings (SSSR count). The van der Waals surface area contributed by atoms with Gasteiger partial charge in [0, 0.05) is 10.2 Å². The van der Waals surface area contributed by atoms with Crippen molar-refractivity contribution in [1.29, 1.82) is 0 Å². The summed E-state index contributed by atoms with van der Waals surface area (Å²) in [7, 11) is 0. The van der Waals surface area contributed by atoms with E-state index in [2.05, 4.69) is 26.6 Å². The zero-order chi connectivity index (χ0) is 18.6. The molecule has 2 aromatic rings. The normalized spacial score (nSPS) is 14.5. The van der Waals surface area contributed by atoms with E-state index in [-0.39, 0.29) is 28.9 Å². The average molecular weight is 433 g/mol. The van der Waals surface area contributed by atoms with Gasteiger partial charge in [-0.3, -0.25) is 9.59 Å². The predicted molar refractivity (Wildman–Crippen MR) is 110 cm³/mol. The van der Waals surface area contributed by atoms with Crippen molar-refractivity contribution in [3.8, 4) is 0 Å². The smallest absolute Gasteiger partial charge is 0.234 e. The molecule has 0 unspecified atom stereocenters. The number of benzene rings is 2. The first-order valence-electron chi connectivity index (χ1n) is 8.48. The van der Waals surface area contributed by atoms with E-state index in [9.17, 15) is 9.59 Å². The molecule has 2 aromatic carbocycles. The maximum atomic E-state index is 12.3. The largest absolute Gasteiger partial charge is 0.346 e. The van der Waals surface area contributed by atoms with Crippen LogP contribution < -0.4 is 10.6 Å². The first kappa shape index (κ1) is 19.0. The lowest BCUT2D eigenvalue weighted by Crippen LogP contribution is -2.36. The van der Waals surface area contributed by atoms with Gasteiger partial charge in [0.25, 0.3) is 0 Å². The standard InChI is InChI=1S/C20H21BrN2O2S/c1-14-3-2-4-17(11-14)22-18(24)12-26-13-19(25)23-20(9-10-20)15-5-7-16(21)8-6-15/h2-8,11H,9-10,12-13H2,1H3,(H,22,24)(H,23,25). The van der Waals surface area contributed by atoms with Crippen LogP contribution in [0.15, 0.2) is 53.0 Å². The highest BCUT2D eigenvalue weighted by molar-refractivity contribution is 9.10. The van der Waals surface area contributed by atoms with Crippen LogP contribution in [-0.2, 0) is 15.1 Å². The molecule has 26 heavy (non-hydrogen) atoms. The Morgan fingerprint density at radius 3 is 2.42 bits per heavy atom. The molecular formula is C20H21BrN2O2S. The number of hydrogen-bond acceptors (Lipinski definition) is 3. The van der Waals surface area contributed by atoms with Gasteiger partial charge in [-0.05, 0) is 55.2 Å². The number of anilines is 1. The lowest BCUT2D eigenvalue weighted by molar-refractivity contribution is -0.119. The first-order valence-corrected chi connectivity index (χ1v) is 10.4. The Labute approximate surface area is 166 Å². The van der Waals surface area contributed by atoms with E-state index in [4.69, 9.17) is 0 Å². The highest BCUT2D eigenvalue weighted by Crippen LogP contribution is 2.45. The van der Waals surface area contributed by atoms with E-state index in [1.807, 2.05) is 55.5 Å². The molecule has 0 aromatic heterocycles. The van der Waals surface area contributed by atoms with Gasteiger partial charge in [0.05, 0.1) is 17.0 Å².